The first-order valence-electron chi connectivity index (χ1n) is 7.13. The van der Waals surface area contributed by atoms with Crippen LogP contribution in [0.2, 0.25) is 0 Å². The number of hydrogen-bond acceptors (Lipinski definition) is 3. The van der Waals surface area contributed by atoms with Gasteiger partial charge in [-0.15, -0.1) is 0 Å². The number of halogens is 1. The highest BCUT2D eigenvalue weighted by atomic mass is 35.7. The van der Waals surface area contributed by atoms with Crippen molar-refractivity contribution in [1.82, 2.24) is 5.32 Å². The SMILES string of the molecule is CC1CCC(NC(=O)c2cccc(S(=O)(=O)Cl)c2)CC1C. The molecule has 1 aliphatic carbocycles. The van der Waals surface area contributed by atoms with Crippen molar-refractivity contribution in [2.24, 2.45) is 11.8 Å². The second-order valence-electron chi connectivity index (χ2n) is 5.90. The lowest BCUT2D eigenvalue weighted by Gasteiger charge is -2.32. The average molecular weight is 330 g/mol. The molecule has 0 heterocycles. The number of rotatable bonds is 3. The first kappa shape index (κ1) is 16.3. The number of carbonyl (C=O) groups is 1. The van der Waals surface area contributed by atoms with Crippen LogP contribution in [0.5, 0.6) is 0 Å². The molecule has 6 heteroatoms. The topological polar surface area (TPSA) is 63.2 Å². The Bertz CT molecular complexity index is 630. The molecule has 0 spiro atoms. The van der Waals surface area contributed by atoms with Gasteiger partial charge >= 0.3 is 0 Å². The summed E-state index contributed by atoms with van der Waals surface area (Å²) in [5.74, 6) is 1.02. The molecule has 3 unspecified atom stereocenters. The van der Waals surface area contributed by atoms with Gasteiger partial charge < -0.3 is 5.32 Å². The molecule has 1 aliphatic rings. The molecule has 116 valence electrons. The highest BCUT2D eigenvalue weighted by Gasteiger charge is 2.26. The molecular formula is C15H20ClNO3S. The molecule has 0 saturated heterocycles. The highest BCUT2D eigenvalue weighted by molar-refractivity contribution is 8.13. The van der Waals surface area contributed by atoms with Gasteiger partial charge in [0.05, 0.1) is 4.90 Å². The first-order valence-corrected chi connectivity index (χ1v) is 9.44. The maximum atomic E-state index is 12.2. The maximum Gasteiger partial charge on any atom is 0.261 e. The van der Waals surface area contributed by atoms with Crippen LogP contribution in [0.1, 0.15) is 43.5 Å². The van der Waals surface area contributed by atoms with Gasteiger partial charge in [-0.3, -0.25) is 4.79 Å². The fourth-order valence-electron chi connectivity index (χ4n) is 2.74. The summed E-state index contributed by atoms with van der Waals surface area (Å²) in [5, 5.41) is 2.99. The van der Waals surface area contributed by atoms with E-state index in [4.69, 9.17) is 10.7 Å². The van der Waals surface area contributed by atoms with E-state index in [0.717, 1.165) is 19.3 Å². The van der Waals surface area contributed by atoms with Crippen LogP contribution in [0.25, 0.3) is 0 Å². The summed E-state index contributed by atoms with van der Waals surface area (Å²) in [6.07, 6.45) is 3.02. The van der Waals surface area contributed by atoms with Crippen LogP contribution in [0.3, 0.4) is 0 Å². The lowest BCUT2D eigenvalue weighted by Crippen LogP contribution is -2.39. The van der Waals surface area contributed by atoms with Crippen LogP contribution in [-0.4, -0.2) is 20.4 Å². The number of hydrogen-bond donors (Lipinski definition) is 1. The summed E-state index contributed by atoms with van der Waals surface area (Å²) in [4.78, 5) is 12.2. The highest BCUT2D eigenvalue weighted by Crippen LogP contribution is 2.29. The van der Waals surface area contributed by atoms with Crippen LogP contribution in [0, 0.1) is 11.8 Å². The van der Waals surface area contributed by atoms with Crippen molar-refractivity contribution < 1.29 is 13.2 Å². The van der Waals surface area contributed by atoms with Gasteiger partial charge in [-0.2, -0.15) is 0 Å². The zero-order valence-corrected chi connectivity index (χ0v) is 13.7. The quantitative estimate of drug-likeness (QED) is 0.866. The second kappa shape index (κ2) is 6.36. The van der Waals surface area contributed by atoms with E-state index in [-0.39, 0.29) is 16.8 Å². The number of benzene rings is 1. The number of nitrogens with one attached hydrogen (secondary N) is 1. The Labute approximate surface area is 130 Å². The predicted octanol–water partition coefficient (Wildman–Crippen LogP) is 3.17. The van der Waals surface area contributed by atoms with Crippen molar-refractivity contribution >= 4 is 25.6 Å². The molecule has 1 N–H and O–H groups in total. The van der Waals surface area contributed by atoms with Crippen molar-refractivity contribution in [2.45, 2.75) is 44.0 Å². The van der Waals surface area contributed by atoms with E-state index in [2.05, 4.69) is 19.2 Å². The van der Waals surface area contributed by atoms with Crippen LogP contribution >= 0.6 is 10.7 Å². The Morgan fingerprint density at radius 1 is 1.24 bits per heavy atom. The van der Waals surface area contributed by atoms with Crippen LogP contribution in [0.4, 0.5) is 0 Å². The molecule has 0 aromatic heterocycles. The summed E-state index contributed by atoms with van der Waals surface area (Å²) >= 11 is 0. The molecule has 1 fully saturated rings. The van der Waals surface area contributed by atoms with Gasteiger partial charge in [-0.05, 0) is 49.3 Å². The zero-order valence-electron chi connectivity index (χ0n) is 12.2. The normalized spacial score (nSPS) is 26.3. The molecule has 0 bridgehead atoms. The van der Waals surface area contributed by atoms with Gasteiger partial charge in [0, 0.05) is 22.3 Å². The van der Waals surface area contributed by atoms with E-state index < -0.39 is 9.05 Å². The summed E-state index contributed by atoms with van der Waals surface area (Å²) in [7, 11) is 1.49. The van der Waals surface area contributed by atoms with Gasteiger partial charge in [-0.1, -0.05) is 19.9 Å². The van der Waals surface area contributed by atoms with E-state index in [1.54, 1.807) is 6.07 Å². The first-order chi connectivity index (χ1) is 9.77. The minimum Gasteiger partial charge on any atom is -0.349 e. The van der Waals surface area contributed by atoms with E-state index in [1.807, 2.05) is 0 Å². The minimum absolute atomic E-state index is 0.0533. The molecule has 2 rings (SSSR count). The fraction of sp³-hybridized carbons (Fsp3) is 0.533. The van der Waals surface area contributed by atoms with Gasteiger partial charge in [0.2, 0.25) is 0 Å². The lowest BCUT2D eigenvalue weighted by molar-refractivity contribution is 0.0910. The molecule has 21 heavy (non-hydrogen) atoms. The van der Waals surface area contributed by atoms with E-state index >= 15 is 0 Å². The molecule has 0 radical (unpaired) electrons. The third kappa shape index (κ3) is 4.20. The zero-order chi connectivity index (χ0) is 15.6. The fourth-order valence-corrected chi connectivity index (χ4v) is 3.53. The van der Waals surface area contributed by atoms with Crippen molar-refractivity contribution in [3.63, 3.8) is 0 Å². The molecule has 1 amide bonds. The van der Waals surface area contributed by atoms with Crippen LogP contribution < -0.4 is 5.32 Å². The Kier molecular flexibility index (Phi) is 4.94. The molecule has 1 saturated carbocycles. The third-order valence-electron chi connectivity index (χ3n) is 4.31. The van der Waals surface area contributed by atoms with Crippen molar-refractivity contribution in [3.8, 4) is 0 Å². The Balaban J connectivity index is 2.07. The standard InChI is InChI=1S/C15H20ClNO3S/c1-10-6-7-13(8-11(10)2)17-15(18)12-4-3-5-14(9-12)21(16,19)20/h3-5,9-11,13H,6-8H2,1-2H3,(H,17,18). The van der Waals surface area contributed by atoms with E-state index in [0.29, 0.717) is 17.4 Å². The minimum atomic E-state index is -3.82. The monoisotopic (exact) mass is 329 g/mol. The predicted molar refractivity (Wildman–Crippen MR) is 82.9 cm³/mol. The van der Waals surface area contributed by atoms with Gasteiger partial charge in [0.1, 0.15) is 0 Å². The molecular weight excluding hydrogens is 310 g/mol. The number of carbonyl (C=O) groups excluding carboxylic acids is 1. The van der Waals surface area contributed by atoms with Crippen molar-refractivity contribution in [1.29, 1.82) is 0 Å². The largest absolute Gasteiger partial charge is 0.349 e. The Morgan fingerprint density at radius 3 is 2.57 bits per heavy atom. The van der Waals surface area contributed by atoms with Crippen LogP contribution in [0.15, 0.2) is 29.2 Å². The maximum absolute atomic E-state index is 12.2. The van der Waals surface area contributed by atoms with E-state index in [9.17, 15) is 13.2 Å². The molecule has 1 aromatic carbocycles. The molecule has 4 nitrogen and oxygen atoms in total. The lowest BCUT2D eigenvalue weighted by atomic mass is 9.79. The molecule has 1 aromatic rings. The summed E-state index contributed by atoms with van der Waals surface area (Å²) < 4.78 is 22.6. The summed E-state index contributed by atoms with van der Waals surface area (Å²) in [5.41, 5.74) is 0.322. The molecule has 3 atom stereocenters. The third-order valence-corrected chi connectivity index (χ3v) is 5.66. The smallest absolute Gasteiger partial charge is 0.261 e. The van der Waals surface area contributed by atoms with E-state index in [1.165, 1.54) is 18.2 Å². The summed E-state index contributed by atoms with van der Waals surface area (Å²) in [6, 6.07) is 5.96. The second-order valence-corrected chi connectivity index (χ2v) is 8.47. The van der Waals surface area contributed by atoms with Gasteiger partial charge in [-0.25, -0.2) is 8.42 Å². The Morgan fingerprint density at radius 2 is 1.95 bits per heavy atom. The molecule has 0 aliphatic heterocycles. The van der Waals surface area contributed by atoms with Gasteiger partial charge in [0.15, 0.2) is 0 Å². The number of amides is 1. The van der Waals surface area contributed by atoms with Crippen LogP contribution in [-0.2, 0) is 9.05 Å². The van der Waals surface area contributed by atoms with Gasteiger partial charge in [0.25, 0.3) is 15.0 Å². The van der Waals surface area contributed by atoms with Crippen molar-refractivity contribution in [2.75, 3.05) is 0 Å². The van der Waals surface area contributed by atoms with Crippen molar-refractivity contribution in [3.05, 3.63) is 29.8 Å². The average Bonchev–Trinajstić information content (AvgIpc) is 2.42. The summed E-state index contributed by atoms with van der Waals surface area (Å²) in [6.45, 7) is 4.43. The Hall–Kier alpha value is -1.07.